The number of benzene rings is 3. The minimum atomic E-state index is -0.767. The number of hydrogen-bond acceptors (Lipinski definition) is 8. The number of halogens is 1. The monoisotopic (exact) mass is 573 g/mol. The van der Waals surface area contributed by atoms with E-state index in [0.29, 0.717) is 46.0 Å². The van der Waals surface area contributed by atoms with Gasteiger partial charge in [-0.15, -0.1) is 0 Å². The highest BCUT2D eigenvalue weighted by Gasteiger charge is 2.23. The lowest BCUT2D eigenvalue weighted by Crippen LogP contribution is -2.35. The van der Waals surface area contributed by atoms with E-state index in [1.807, 2.05) is 0 Å². The molecule has 1 unspecified atom stereocenters. The summed E-state index contributed by atoms with van der Waals surface area (Å²) in [5, 5.41) is 3.43. The maximum absolute atomic E-state index is 13.4. The number of carbonyl (C=O) groups is 2. The number of hydrogen-bond donors (Lipinski definition) is 2. The molecule has 1 heterocycles. The molecule has 0 bridgehead atoms. The van der Waals surface area contributed by atoms with E-state index in [4.69, 9.17) is 24.7 Å². The van der Waals surface area contributed by atoms with E-state index in [1.165, 1.54) is 31.4 Å². The average Bonchev–Trinajstić information content (AvgIpc) is 3.51. The van der Waals surface area contributed by atoms with E-state index >= 15 is 0 Å². The van der Waals surface area contributed by atoms with E-state index in [9.17, 15) is 14.0 Å². The number of fused-ring (bicyclic) bond motifs is 1. The van der Waals surface area contributed by atoms with Crippen LogP contribution in [0.15, 0.2) is 72.9 Å². The zero-order valence-corrected chi connectivity index (χ0v) is 23.2. The van der Waals surface area contributed by atoms with Crippen molar-refractivity contribution in [1.82, 2.24) is 4.98 Å². The summed E-state index contributed by atoms with van der Waals surface area (Å²) in [6.07, 6.45) is 5.82. The van der Waals surface area contributed by atoms with Crippen LogP contribution in [0, 0.1) is 5.82 Å². The van der Waals surface area contributed by atoms with Crippen LogP contribution >= 0.6 is 0 Å². The van der Waals surface area contributed by atoms with Crippen molar-refractivity contribution in [2.24, 2.45) is 5.73 Å². The third-order valence-corrected chi connectivity index (χ3v) is 6.99. The molecule has 1 aromatic heterocycles. The maximum Gasteiger partial charge on any atom is 0.323 e. The number of ether oxygens (including phenoxy) is 4. The lowest BCUT2D eigenvalue weighted by Gasteiger charge is -2.17. The Hall–Kier alpha value is -4.70. The molecule has 10 heteroatoms. The predicted molar refractivity (Wildman–Crippen MR) is 156 cm³/mol. The number of rotatable bonds is 11. The summed E-state index contributed by atoms with van der Waals surface area (Å²) >= 11 is 0. The van der Waals surface area contributed by atoms with Crippen molar-refractivity contribution in [2.75, 3.05) is 19.0 Å². The first-order chi connectivity index (χ1) is 20.4. The van der Waals surface area contributed by atoms with Gasteiger partial charge in [-0.05, 0) is 80.3 Å². The molecular weight excluding hydrogens is 541 g/mol. The van der Waals surface area contributed by atoms with Crippen LogP contribution in [0.2, 0.25) is 0 Å². The van der Waals surface area contributed by atoms with Gasteiger partial charge in [0.25, 0.3) is 5.91 Å². The van der Waals surface area contributed by atoms with Crippen molar-refractivity contribution in [3.63, 3.8) is 0 Å². The standard InChI is InChI=1S/C32H32FN3O6/c1-39-29-18-25-27(19-30(29)40-16-14-26(34)32(38)42-23-7-2-3-8-23)35-15-13-28(25)41-24-11-9-22(10-12-24)36-31(37)20-5-4-6-21(33)17-20/h4-6,9-13,15,17-19,23,26H,2-3,7-8,14,16,34H2,1H3,(H,36,37). The van der Waals surface area contributed by atoms with Gasteiger partial charge in [0.2, 0.25) is 0 Å². The van der Waals surface area contributed by atoms with Crippen LogP contribution in [0.1, 0.15) is 42.5 Å². The topological polar surface area (TPSA) is 122 Å². The Morgan fingerprint density at radius 1 is 1.02 bits per heavy atom. The molecule has 1 saturated carbocycles. The number of aromatic nitrogens is 1. The molecule has 42 heavy (non-hydrogen) atoms. The van der Waals surface area contributed by atoms with Crippen molar-refractivity contribution in [3.05, 3.63) is 84.3 Å². The molecule has 1 fully saturated rings. The fourth-order valence-corrected chi connectivity index (χ4v) is 4.73. The second-order valence-electron chi connectivity index (χ2n) is 10.0. The summed E-state index contributed by atoms with van der Waals surface area (Å²) in [6, 6.07) is 16.8. The zero-order valence-electron chi connectivity index (χ0n) is 23.2. The van der Waals surface area contributed by atoms with E-state index < -0.39 is 23.7 Å². The van der Waals surface area contributed by atoms with Crippen molar-refractivity contribution in [3.8, 4) is 23.0 Å². The summed E-state index contributed by atoms with van der Waals surface area (Å²) in [5.74, 6) is 0.706. The molecule has 4 aromatic rings. The molecule has 9 nitrogen and oxygen atoms in total. The number of pyridine rings is 1. The molecular formula is C32H32FN3O6. The van der Waals surface area contributed by atoms with E-state index in [0.717, 1.165) is 25.7 Å². The number of methoxy groups -OCH3 is 1. The Morgan fingerprint density at radius 2 is 1.81 bits per heavy atom. The van der Waals surface area contributed by atoms with Gasteiger partial charge in [0.1, 0.15) is 29.5 Å². The molecule has 0 aliphatic heterocycles. The van der Waals surface area contributed by atoms with Gasteiger partial charge >= 0.3 is 5.97 Å². The van der Waals surface area contributed by atoms with Crippen LogP contribution in [-0.2, 0) is 9.53 Å². The molecule has 0 saturated heterocycles. The molecule has 1 amide bonds. The highest BCUT2D eigenvalue weighted by atomic mass is 19.1. The quantitative estimate of drug-likeness (QED) is 0.209. The van der Waals surface area contributed by atoms with Crippen LogP contribution in [0.3, 0.4) is 0 Å². The first-order valence-corrected chi connectivity index (χ1v) is 13.8. The number of anilines is 1. The number of carbonyl (C=O) groups excluding carboxylic acids is 2. The van der Waals surface area contributed by atoms with E-state index in [-0.39, 0.29) is 18.3 Å². The summed E-state index contributed by atoms with van der Waals surface area (Å²) < 4.78 is 36.5. The summed E-state index contributed by atoms with van der Waals surface area (Å²) in [7, 11) is 1.53. The molecule has 0 radical (unpaired) electrons. The van der Waals surface area contributed by atoms with E-state index in [2.05, 4.69) is 10.3 Å². The van der Waals surface area contributed by atoms with Gasteiger partial charge in [-0.3, -0.25) is 14.6 Å². The van der Waals surface area contributed by atoms with Gasteiger partial charge in [-0.25, -0.2) is 4.39 Å². The Bertz CT molecular complexity index is 1560. The first-order valence-electron chi connectivity index (χ1n) is 13.8. The number of nitrogens with two attached hydrogens (primary N) is 1. The molecule has 1 aliphatic rings. The molecule has 1 atom stereocenters. The highest BCUT2D eigenvalue weighted by Crippen LogP contribution is 2.37. The van der Waals surface area contributed by atoms with Crippen molar-refractivity contribution < 1.29 is 32.9 Å². The Morgan fingerprint density at radius 3 is 2.55 bits per heavy atom. The van der Waals surface area contributed by atoms with Crippen LogP contribution in [-0.4, -0.2) is 42.7 Å². The Labute approximate surface area is 242 Å². The van der Waals surface area contributed by atoms with Gasteiger partial charge in [0, 0.05) is 35.3 Å². The van der Waals surface area contributed by atoms with Gasteiger partial charge in [0.05, 0.1) is 19.2 Å². The third kappa shape index (κ3) is 7.13. The SMILES string of the molecule is COc1cc2c(Oc3ccc(NC(=O)c4cccc(F)c4)cc3)ccnc2cc1OCCC(N)C(=O)OC1CCCC1. The summed E-state index contributed by atoms with van der Waals surface area (Å²) in [5.41, 5.74) is 7.40. The third-order valence-electron chi connectivity index (χ3n) is 6.99. The number of esters is 1. The van der Waals surface area contributed by atoms with Gasteiger partial charge < -0.3 is 30.0 Å². The normalized spacial score (nSPS) is 13.9. The fraction of sp³-hybridized carbons (Fsp3) is 0.281. The molecule has 1 aliphatic carbocycles. The Kier molecular flexibility index (Phi) is 9.13. The first kappa shape index (κ1) is 28.8. The fourth-order valence-electron chi connectivity index (χ4n) is 4.73. The van der Waals surface area contributed by atoms with E-state index in [1.54, 1.807) is 48.7 Å². The van der Waals surface area contributed by atoms with Gasteiger partial charge in [-0.2, -0.15) is 0 Å². The van der Waals surface area contributed by atoms with Crippen molar-refractivity contribution in [1.29, 1.82) is 0 Å². The summed E-state index contributed by atoms with van der Waals surface area (Å²) in [4.78, 5) is 29.1. The number of nitrogens with zero attached hydrogens (tertiary/aromatic N) is 1. The summed E-state index contributed by atoms with van der Waals surface area (Å²) in [6.45, 7) is 0.196. The van der Waals surface area contributed by atoms with Crippen LogP contribution < -0.4 is 25.3 Å². The van der Waals surface area contributed by atoms with Crippen molar-refractivity contribution in [2.45, 2.75) is 44.2 Å². The second kappa shape index (κ2) is 13.3. The second-order valence-corrected chi connectivity index (χ2v) is 10.0. The molecule has 3 aromatic carbocycles. The molecule has 5 rings (SSSR count). The smallest absolute Gasteiger partial charge is 0.323 e. The molecule has 0 spiro atoms. The van der Waals surface area contributed by atoms with Gasteiger partial charge in [0.15, 0.2) is 11.5 Å². The average molecular weight is 574 g/mol. The number of amides is 1. The van der Waals surface area contributed by atoms with Crippen LogP contribution in [0.25, 0.3) is 10.9 Å². The molecule has 3 N–H and O–H groups in total. The molecule has 218 valence electrons. The lowest BCUT2D eigenvalue weighted by molar-refractivity contribution is -0.150. The van der Waals surface area contributed by atoms with Gasteiger partial charge in [-0.1, -0.05) is 6.07 Å². The number of nitrogens with one attached hydrogen (secondary N) is 1. The predicted octanol–water partition coefficient (Wildman–Crippen LogP) is 6.01. The zero-order chi connectivity index (χ0) is 29.5. The lowest BCUT2D eigenvalue weighted by atomic mass is 10.1. The Balaban J connectivity index is 1.22. The minimum Gasteiger partial charge on any atom is -0.493 e. The maximum atomic E-state index is 13.4. The van der Waals surface area contributed by atoms with Crippen LogP contribution in [0.4, 0.5) is 10.1 Å². The van der Waals surface area contributed by atoms with Crippen LogP contribution in [0.5, 0.6) is 23.0 Å². The minimum absolute atomic E-state index is 0.0295. The van der Waals surface area contributed by atoms with Crippen molar-refractivity contribution >= 4 is 28.5 Å². The largest absolute Gasteiger partial charge is 0.493 e. The highest BCUT2D eigenvalue weighted by molar-refractivity contribution is 6.04.